The summed E-state index contributed by atoms with van der Waals surface area (Å²) >= 11 is 0. The molecular formula is C17H12N2O. The maximum Gasteiger partial charge on any atom is 0.256 e. The Bertz CT molecular complexity index is 850. The predicted molar refractivity (Wildman–Crippen MR) is 78.0 cm³/mol. The summed E-state index contributed by atoms with van der Waals surface area (Å²) in [4.78, 5) is 14.8. The molecule has 3 heterocycles. The topological polar surface area (TPSA) is 25.0 Å². The molecule has 5 rings (SSSR count). The minimum absolute atomic E-state index is 0.00277. The Kier molecular flexibility index (Phi) is 1.70. The van der Waals surface area contributed by atoms with E-state index in [0.717, 1.165) is 22.3 Å². The van der Waals surface area contributed by atoms with Crippen molar-refractivity contribution >= 4 is 22.5 Å². The van der Waals surface area contributed by atoms with Crippen molar-refractivity contribution < 1.29 is 4.79 Å². The Morgan fingerprint density at radius 2 is 1.60 bits per heavy atom. The molecule has 1 aromatic heterocycles. The number of para-hydroxylation sites is 2. The van der Waals surface area contributed by atoms with E-state index in [9.17, 15) is 4.79 Å². The van der Waals surface area contributed by atoms with E-state index in [0.29, 0.717) is 0 Å². The van der Waals surface area contributed by atoms with Crippen molar-refractivity contribution in [1.29, 1.82) is 0 Å². The Balaban J connectivity index is 1.67. The first-order valence-electron chi connectivity index (χ1n) is 6.84. The average molecular weight is 260 g/mol. The molecule has 0 saturated carbocycles. The van der Waals surface area contributed by atoms with E-state index >= 15 is 0 Å². The van der Waals surface area contributed by atoms with Gasteiger partial charge >= 0.3 is 0 Å². The SMILES string of the molecule is O=C1C2C(c3cc4ccccc4n31)N2c1ccccc1. The van der Waals surface area contributed by atoms with Gasteiger partial charge in [-0.05, 0) is 24.3 Å². The normalized spacial score (nSPS) is 23.0. The van der Waals surface area contributed by atoms with Crippen molar-refractivity contribution in [3.05, 3.63) is 66.4 Å². The highest BCUT2D eigenvalue weighted by atomic mass is 16.2. The highest BCUT2D eigenvalue weighted by Gasteiger charge is 2.60. The lowest BCUT2D eigenvalue weighted by Gasteiger charge is -2.11. The average Bonchev–Trinajstić information content (AvgIpc) is 3.02. The minimum atomic E-state index is -0.00277. The highest BCUT2D eigenvalue weighted by molar-refractivity contribution is 6.05. The molecule has 2 unspecified atom stereocenters. The summed E-state index contributed by atoms with van der Waals surface area (Å²) in [6.07, 6.45) is 0. The molecule has 1 saturated heterocycles. The van der Waals surface area contributed by atoms with Crippen LogP contribution in [0.4, 0.5) is 5.69 Å². The number of carbonyl (C=O) groups is 1. The van der Waals surface area contributed by atoms with Crippen molar-refractivity contribution in [2.75, 3.05) is 4.90 Å². The van der Waals surface area contributed by atoms with Crippen molar-refractivity contribution in [3.8, 4) is 0 Å². The van der Waals surface area contributed by atoms with Crippen LogP contribution in [-0.2, 0) is 0 Å². The van der Waals surface area contributed by atoms with Gasteiger partial charge in [0.15, 0.2) is 0 Å². The first kappa shape index (κ1) is 10.3. The second-order valence-electron chi connectivity index (χ2n) is 5.43. The second kappa shape index (κ2) is 3.31. The number of aromatic nitrogens is 1. The minimum Gasteiger partial charge on any atom is -0.346 e. The van der Waals surface area contributed by atoms with Crippen LogP contribution in [0, 0.1) is 0 Å². The van der Waals surface area contributed by atoms with Crippen LogP contribution in [0.2, 0.25) is 0 Å². The molecule has 0 radical (unpaired) electrons. The fourth-order valence-corrected chi connectivity index (χ4v) is 3.48. The van der Waals surface area contributed by atoms with Crippen LogP contribution in [0.5, 0.6) is 0 Å². The van der Waals surface area contributed by atoms with Crippen molar-refractivity contribution in [3.63, 3.8) is 0 Å². The highest BCUT2D eigenvalue weighted by Crippen LogP contribution is 2.53. The third-order valence-corrected chi connectivity index (χ3v) is 4.38. The van der Waals surface area contributed by atoms with E-state index in [-0.39, 0.29) is 18.0 Å². The van der Waals surface area contributed by atoms with E-state index in [2.05, 4.69) is 29.2 Å². The fourth-order valence-electron chi connectivity index (χ4n) is 3.48. The number of hydrogen-bond donors (Lipinski definition) is 0. The molecule has 0 spiro atoms. The summed E-state index contributed by atoms with van der Waals surface area (Å²) in [5.41, 5.74) is 3.30. The van der Waals surface area contributed by atoms with Crippen LogP contribution in [-0.4, -0.2) is 16.5 Å². The molecule has 0 bridgehead atoms. The molecule has 0 N–H and O–H groups in total. The maximum absolute atomic E-state index is 12.6. The largest absolute Gasteiger partial charge is 0.346 e. The van der Waals surface area contributed by atoms with Gasteiger partial charge in [0.05, 0.1) is 11.2 Å². The first-order valence-corrected chi connectivity index (χ1v) is 6.84. The van der Waals surface area contributed by atoms with Crippen LogP contribution in [0.3, 0.4) is 0 Å². The predicted octanol–water partition coefficient (Wildman–Crippen LogP) is 3.23. The molecule has 2 aliphatic heterocycles. The number of carbonyl (C=O) groups excluding carboxylic acids is 1. The lowest BCUT2D eigenvalue weighted by atomic mass is 10.2. The molecule has 0 amide bonds. The van der Waals surface area contributed by atoms with Crippen LogP contribution in [0.25, 0.3) is 10.9 Å². The Labute approximate surface area is 116 Å². The number of fused-ring (bicyclic) bond motifs is 5. The molecule has 0 aliphatic carbocycles. The van der Waals surface area contributed by atoms with E-state index in [1.54, 1.807) is 0 Å². The van der Waals surface area contributed by atoms with Gasteiger partial charge in [-0.25, -0.2) is 0 Å². The van der Waals surface area contributed by atoms with Gasteiger partial charge in [0, 0.05) is 11.1 Å². The summed E-state index contributed by atoms with van der Waals surface area (Å²) in [6, 6.07) is 20.6. The molecule has 3 nitrogen and oxygen atoms in total. The molecule has 3 heteroatoms. The maximum atomic E-state index is 12.6. The number of benzene rings is 2. The summed E-state index contributed by atoms with van der Waals surface area (Å²) < 4.78 is 1.89. The van der Waals surface area contributed by atoms with Crippen LogP contribution in [0.15, 0.2) is 60.7 Å². The Morgan fingerprint density at radius 3 is 2.45 bits per heavy atom. The second-order valence-corrected chi connectivity index (χ2v) is 5.43. The summed E-state index contributed by atoms with van der Waals surface area (Å²) in [7, 11) is 0. The molecule has 20 heavy (non-hydrogen) atoms. The van der Waals surface area contributed by atoms with Gasteiger partial charge in [-0.3, -0.25) is 9.36 Å². The third kappa shape index (κ3) is 1.09. The van der Waals surface area contributed by atoms with Crippen molar-refractivity contribution in [2.24, 2.45) is 0 Å². The van der Waals surface area contributed by atoms with Crippen LogP contribution in [0.1, 0.15) is 16.5 Å². The molecule has 2 atom stereocenters. The van der Waals surface area contributed by atoms with Crippen molar-refractivity contribution in [1.82, 2.24) is 4.57 Å². The molecule has 2 aromatic carbocycles. The molecule has 3 aromatic rings. The standard InChI is InChI=1S/C17H12N2O/c20-17-16-15(18(16)12-7-2-1-3-8-12)14-10-11-6-4-5-9-13(11)19(14)17/h1-10,15-16H. The molecular weight excluding hydrogens is 248 g/mol. The first-order chi connectivity index (χ1) is 9.86. The molecule has 96 valence electrons. The van der Waals surface area contributed by atoms with E-state index in [1.165, 1.54) is 0 Å². The molecule has 2 aliphatic rings. The number of hydrogen-bond acceptors (Lipinski definition) is 2. The lowest BCUT2D eigenvalue weighted by molar-refractivity contribution is 0.0929. The summed E-state index contributed by atoms with van der Waals surface area (Å²) in [6.45, 7) is 0. The fraction of sp³-hybridized carbons (Fsp3) is 0.118. The zero-order valence-corrected chi connectivity index (χ0v) is 10.7. The molecule has 1 fully saturated rings. The van der Waals surface area contributed by atoms with E-state index in [1.807, 2.05) is 41.0 Å². The Hall–Kier alpha value is -2.55. The van der Waals surface area contributed by atoms with Gasteiger partial charge in [0.1, 0.15) is 12.1 Å². The van der Waals surface area contributed by atoms with Gasteiger partial charge < -0.3 is 4.90 Å². The quantitative estimate of drug-likeness (QED) is 0.628. The van der Waals surface area contributed by atoms with Crippen LogP contribution >= 0.6 is 0 Å². The monoisotopic (exact) mass is 260 g/mol. The van der Waals surface area contributed by atoms with Gasteiger partial charge in [0.25, 0.3) is 5.91 Å². The van der Waals surface area contributed by atoms with Gasteiger partial charge in [-0.2, -0.15) is 0 Å². The van der Waals surface area contributed by atoms with Gasteiger partial charge in [-0.1, -0.05) is 36.4 Å². The lowest BCUT2D eigenvalue weighted by Crippen LogP contribution is -2.19. The zero-order valence-electron chi connectivity index (χ0n) is 10.7. The smallest absolute Gasteiger partial charge is 0.256 e. The summed E-state index contributed by atoms with van der Waals surface area (Å²) in [5, 5.41) is 1.15. The zero-order chi connectivity index (χ0) is 13.3. The van der Waals surface area contributed by atoms with Gasteiger partial charge in [0.2, 0.25) is 0 Å². The number of nitrogens with zero attached hydrogens (tertiary/aromatic N) is 2. The number of rotatable bonds is 1. The van der Waals surface area contributed by atoms with Crippen LogP contribution < -0.4 is 4.90 Å². The number of anilines is 1. The van der Waals surface area contributed by atoms with E-state index in [4.69, 9.17) is 0 Å². The Morgan fingerprint density at radius 1 is 0.850 bits per heavy atom. The van der Waals surface area contributed by atoms with Gasteiger partial charge in [-0.15, -0.1) is 0 Å². The summed E-state index contributed by atoms with van der Waals surface area (Å²) in [5.74, 6) is 0.204. The van der Waals surface area contributed by atoms with E-state index < -0.39 is 0 Å². The third-order valence-electron chi connectivity index (χ3n) is 4.38. The van der Waals surface area contributed by atoms with Crippen molar-refractivity contribution in [2.45, 2.75) is 12.1 Å².